The van der Waals surface area contributed by atoms with Gasteiger partial charge in [-0.3, -0.25) is 19.2 Å². The number of fused-ring (bicyclic) bond motifs is 5. The molecule has 3 fully saturated rings. The average molecular weight is 1470 g/mol. The lowest BCUT2D eigenvalue weighted by Crippen LogP contribution is -2.80. The number of rotatable bonds is 49. The molecular weight excluding hydrogens is 1320 g/mol. The minimum absolute atomic E-state index is 0.139. The Labute approximate surface area is 633 Å². The third-order valence-corrected chi connectivity index (χ3v) is 24.2. The average Bonchev–Trinajstić information content (AvgIpc) is 0.670. The van der Waals surface area contributed by atoms with Crippen molar-refractivity contribution in [1.82, 2.24) is 10.6 Å². The highest BCUT2D eigenvalue weighted by molar-refractivity contribution is 5.92. The highest BCUT2D eigenvalue weighted by atomic mass is 16.6. The number of hydrogen-bond acceptors (Lipinski definition) is 14. The van der Waals surface area contributed by atoms with Crippen LogP contribution >= 0.6 is 0 Å². The molecule has 2 aromatic carbocycles. The van der Waals surface area contributed by atoms with Crippen molar-refractivity contribution < 1.29 is 71.6 Å². The first-order chi connectivity index (χ1) is 50.1. The Morgan fingerprint density at radius 3 is 1.56 bits per heavy atom. The normalized spacial score (nSPS) is 24.0. The van der Waals surface area contributed by atoms with Crippen LogP contribution < -0.4 is 10.6 Å². The maximum atomic E-state index is 15.9. The number of carbonyl (C=O) groups is 7. The number of hydrogen-bond donors (Lipinski definition) is 3. The van der Waals surface area contributed by atoms with Crippen LogP contribution in [0.25, 0.3) is 0 Å². The number of benzene rings is 2. The van der Waals surface area contributed by atoms with Crippen molar-refractivity contribution in [1.29, 1.82) is 0 Å². The van der Waals surface area contributed by atoms with Crippen LogP contribution in [0.2, 0.25) is 0 Å². The molecule has 0 radical (unpaired) electrons. The molecule has 2 amide bonds. The summed E-state index contributed by atoms with van der Waals surface area (Å²) < 4.78 is 38.6. The molecule has 0 spiro atoms. The molecule has 0 unspecified atom stereocenters. The summed E-state index contributed by atoms with van der Waals surface area (Å²) in [6, 6.07) is 15.3. The molecule has 1 saturated heterocycles. The standard InChI is InChI=1S/C88H141N3O14/c1-14-16-18-20-22-24-26-28-30-32-34-36-38-40-42-50-59-91(13,60-51-43-41-39-37-35-33-31-29-27-25-23-21-19-17-15-2)61-58-89-73(93)56-57-74(94)102-77(76(69-52-46-44-47-53-69)90-83(98)105-84(7,8)9)82(97)101-71-63-88(99)80(103-81(96)70-54-48-45-49-55-70)78-86(12,79(95)67(5)75(66(71)4)85(88,10)11)65(3)62-72-87(78,64-100-72)104-68(6)92/h44-49,52-55,65,67,71-72,76-78,80,99H,14-43,50-51,56-64H2,1-13H3,(H-,89,90,93,98)/p+1/t65-,67+,71-,72+,76-,77+,78-,80-,86+,87-,88+/m0/s1. The largest absolute Gasteiger partial charge is 0.455 e. The van der Waals surface area contributed by atoms with Crippen LogP contribution in [-0.4, -0.2) is 132 Å². The predicted octanol–water partition coefficient (Wildman–Crippen LogP) is 19.2. The van der Waals surface area contributed by atoms with Gasteiger partial charge in [-0.25, -0.2) is 14.4 Å². The van der Waals surface area contributed by atoms with E-state index in [0.29, 0.717) is 29.7 Å². The van der Waals surface area contributed by atoms with Crippen LogP contribution in [0.15, 0.2) is 71.8 Å². The van der Waals surface area contributed by atoms with Crippen molar-refractivity contribution in [3.05, 3.63) is 82.9 Å². The highest BCUT2D eigenvalue weighted by Gasteiger charge is 2.77. The van der Waals surface area contributed by atoms with Crippen molar-refractivity contribution in [2.75, 3.05) is 39.8 Å². The minimum Gasteiger partial charge on any atom is -0.455 e. The molecule has 17 heteroatoms. The summed E-state index contributed by atoms with van der Waals surface area (Å²) in [6.07, 6.45) is 34.9. The molecule has 0 aromatic heterocycles. The van der Waals surface area contributed by atoms with Gasteiger partial charge in [0.05, 0.1) is 57.7 Å². The zero-order chi connectivity index (χ0) is 76.7. The molecular formula is C88H142N3O14+. The Kier molecular flexibility index (Phi) is 36.6. The van der Waals surface area contributed by atoms with Gasteiger partial charge in [0, 0.05) is 36.5 Å². The zero-order valence-electron chi connectivity index (χ0n) is 67.6. The summed E-state index contributed by atoms with van der Waals surface area (Å²) in [5, 5.41) is 20.1. The molecule has 1 heterocycles. The van der Waals surface area contributed by atoms with E-state index in [1.54, 1.807) is 116 Å². The van der Waals surface area contributed by atoms with Crippen LogP contribution in [0.5, 0.6) is 0 Å². The van der Waals surface area contributed by atoms with Crippen molar-refractivity contribution in [3.63, 3.8) is 0 Å². The lowest BCUT2D eigenvalue weighted by atomic mass is 9.42. The van der Waals surface area contributed by atoms with Gasteiger partial charge in [0.1, 0.15) is 41.3 Å². The Hall–Kier alpha value is -5.65. The Balaban J connectivity index is 1.17. The smallest absolute Gasteiger partial charge is 0.408 e. The summed E-state index contributed by atoms with van der Waals surface area (Å²) in [5.74, 6) is -6.64. The van der Waals surface area contributed by atoms with Gasteiger partial charge in [0.15, 0.2) is 5.60 Å². The second-order valence-corrected chi connectivity index (χ2v) is 34.0. The van der Waals surface area contributed by atoms with Gasteiger partial charge in [-0.2, -0.15) is 0 Å². The number of carbonyl (C=O) groups excluding carboxylic acids is 7. The third-order valence-electron chi connectivity index (χ3n) is 24.2. The maximum Gasteiger partial charge on any atom is 0.408 e. The number of ether oxygens (including phenoxy) is 6. The third kappa shape index (κ3) is 25.7. The van der Waals surface area contributed by atoms with Crippen molar-refractivity contribution in [3.8, 4) is 0 Å². The number of unbranched alkanes of at least 4 members (excludes halogenated alkanes) is 30. The number of quaternary nitrogens is 1. The van der Waals surface area contributed by atoms with E-state index in [-0.39, 0.29) is 30.3 Å². The van der Waals surface area contributed by atoms with Gasteiger partial charge in [0.25, 0.3) is 0 Å². The first-order valence-corrected chi connectivity index (χ1v) is 41.7. The van der Waals surface area contributed by atoms with Crippen LogP contribution in [0.1, 0.15) is 336 Å². The maximum absolute atomic E-state index is 15.9. The van der Waals surface area contributed by atoms with E-state index in [2.05, 4.69) is 31.5 Å². The molecule has 3 N–H and O–H groups in total. The molecule has 17 nitrogen and oxygen atoms in total. The molecule has 592 valence electrons. The van der Waals surface area contributed by atoms with Crippen molar-refractivity contribution >= 4 is 41.7 Å². The Morgan fingerprint density at radius 1 is 0.648 bits per heavy atom. The summed E-state index contributed by atoms with van der Waals surface area (Å²) in [5.41, 5.74) is -6.08. The summed E-state index contributed by atoms with van der Waals surface area (Å²) >= 11 is 0. The summed E-state index contributed by atoms with van der Waals surface area (Å²) in [4.78, 5) is 102. The fraction of sp³-hybridized carbons (Fsp3) is 0.761. The second-order valence-electron chi connectivity index (χ2n) is 34.0. The molecule has 1 aliphatic heterocycles. The fourth-order valence-corrected chi connectivity index (χ4v) is 17.8. The van der Waals surface area contributed by atoms with Gasteiger partial charge in [-0.1, -0.05) is 277 Å². The lowest BCUT2D eigenvalue weighted by molar-refractivity contribution is -0.908. The number of nitrogens with one attached hydrogen (secondary N) is 2. The number of amides is 2. The predicted molar refractivity (Wildman–Crippen MR) is 416 cm³/mol. The molecule has 2 saturated carbocycles. The number of ketones is 1. The van der Waals surface area contributed by atoms with E-state index in [4.69, 9.17) is 28.4 Å². The lowest BCUT2D eigenvalue weighted by Gasteiger charge is -2.68. The van der Waals surface area contributed by atoms with Gasteiger partial charge in [-0.05, 0) is 94.6 Å². The van der Waals surface area contributed by atoms with Crippen LogP contribution in [-0.2, 0) is 52.4 Å². The summed E-state index contributed by atoms with van der Waals surface area (Å²) in [7, 11) is 2.32. The molecule has 4 aliphatic rings. The zero-order valence-corrected chi connectivity index (χ0v) is 67.6. The fourth-order valence-electron chi connectivity index (χ4n) is 17.8. The number of esters is 4. The minimum atomic E-state index is -2.19. The van der Waals surface area contributed by atoms with E-state index >= 15 is 9.59 Å². The Morgan fingerprint density at radius 2 is 1.11 bits per heavy atom. The quantitative estimate of drug-likeness (QED) is 0.0185. The molecule has 6 rings (SSSR count). The van der Waals surface area contributed by atoms with E-state index in [1.165, 1.54) is 200 Å². The molecule has 11 atom stereocenters. The highest BCUT2D eigenvalue weighted by Crippen LogP contribution is 2.66. The van der Waals surface area contributed by atoms with Crippen molar-refractivity contribution in [2.24, 2.45) is 28.6 Å². The van der Waals surface area contributed by atoms with Gasteiger partial charge < -0.3 is 48.6 Å². The SMILES string of the molecule is CCCCCCCCCCCCCCCCCC[N+](C)(CCCCCCCCCCCCCCCCCC)CCNC(=O)CCC(=O)O[C@@H](C(=O)O[C@H]1C[C@@]2(O)[C@@H](OC(=O)c3ccccc3)[C@@H]3[C@]4(OC(C)=O)CO[C@@H]4C[C@H](C)[C@@]3(C)C(=O)[C@H](C)C(=C1C)C2(C)C)[C@@H](NC(=O)OC(C)(C)C)c1ccccc1. The van der Waals surface area contributed by atoms with E-state index < -0.39 is 119 Å². The first kappa shape index (κ1) is 88.3. The number of Topliss-reactive ketones (excluding diaryl/α,β-unsaturated/α-hetero) is 1. The van der Waals surface area contributed by atoms with E-state index in [1.807, 2.05) is 6.92 Å². The van der Waals surface area contributed by atoms with Gasteiger partial charge in [0.2, 0.25) is 12.0 Å². The molecule has 3 aliphatic carbocycles. The van der Waals surface area contributed by atoms with Gasteiger partial charge >= 0.3 is 30.0 Å². The number of nitrogens with zero attached hydrogens (tertiary/aromatic N) is 1. The van der Waals surface area contributed by atoms with Crippen molar-refractivity contribution in [2.45, 2.75) is 361 Å². The van der Waals surface area contributed by atoms with E-state index in [0.717, 1.165) is 37.0 Å². The van der Waals surface area contributed by atoms with E-state index in [9.17, 15) is 29.1 Å². The number of alkyl carbamates (subject to hydrolysis) is 1. The topological polar surface area (TPSA) is 219 Å². The van der Waals surface area contributed by atoms with Crippen LogP contribution in [0, 0.1) is 28.6 Å². The van der Waals surface area contributed by atoms with Crippen LogP contribution in [0.4, 0.5) is 4.79 Å². The molecule has 105 heavy (non-hydrogen) atoms. The second kappa shape index (κ2) is 43.5. The molecule has 2 bridgehead atoms. The van der Waals surface area contributed by atoms with Crippen LogP contribution in [0.3, 0.4) is 0 Å². The number of likely N-dealkylation sites (N-methyl/N-ethyl adjacent to an activating group) is 1. The molecule has 2 aromatic rings. The number of aliphatic hydroxyl groups is 1. The summed E-state index contributed by atoms with van der Waals surface area (Å²) in [6.45, 7) is 24.8. The van der Waals surface area contributed by atoms with Gasteiger partial charge in [-0.15, -0.1) is 0 Å². The monoisotopic (exact) mass is 1470 g/mol. The Bertz CT molecular complexity index is 2980. The first-order valence-electron chi connectivity index (χ1n) is 41.7.